The molecule has 1 unspecified atom stereocenters. The molecule has 1 aliphatic carbocycles. The summed E-state index contributed by atoms with van der Waals surface area (Å²) in [4.78, 5) is 4.80. The molecule has 0 saturated heterocycles. The molecule has 0 bridgehead atoms. The maximum Gasteiger partial charge on any atom is 0.0651 e. The van der Waals surface area contributed by atoms with Gasteiger partial charge in [0.25, 0.3) is 0 Å². The van der Waals surface area contributed by atoms with E-state index in [0.717, 1.165) is 6.42 Å². The predicted molar refractivity (Wildman–Crippen MR) is 82.2 cm³/mol. The molecule has 1 nitrogen and oxygen atoms in total. The lowest BCUT2D eigenvalue weighted by Gasteiger charge is -2.33. The number of fused-ring (bicyclic) bond motifs is 1. The molecule has 1 spiro atoms. The van der Waals surface area contributed by atoms with Crippen molar-refractivity contribution >= 4 is 17.6 Å². The normalized spacial score (nSPS) is 24.8. The summed E-state index contributed by atoms with van der Waals surface area (Å²) in [7, 11) is 0. The SMILES string of the molecule is C1=NC2(CC1)CCc1c(cccc1-c1ccsc1)C2. The monoisotopic (exact) mass is 267 g/mol. The van der Waals surface area contributed by atoms with E-state index in [1.54, 1.807) is 16.9 Å². The number of nitrogens with zero attached hydrogens (tertiary/aromatic N) is 1. The maximum atomic E-state index is 4.80. The van der Waals surface area contributed by atoms with Crippen molar-refractivity contribution in [2.24, 2.45) is 4.99 Å². The average Bonchev–Trinajstić information content (AvgIpc) is 3.10. The first-order valence-electron chi connectivity index (χ1n) is 7.03. The Kier molecular flexibility index (Phi) is 2.59. The highest BCUT2D eigenvalue weighted by atomic mass is 32.1. The van der Waals surface area contributed by atoms with Gasteiger partial charge in [0.15, 0.2) is 0 Å². The molecule has 2 aromatic rings. The summed E-state index contributed by atoms with van der Waals surface area (Å²) in [5.74, 6) is 0. The maximum absolute atomic E-state index is 4.80. The third kappa shape index (κ3) is 1.86. The molecule has 1 atom stereocenters. The fraction of sp³-hybridized carbons (Fsp3) is 0.353. The molecule has 0 radical (unpaired) electrons. The standard InChI is InChI=1S/C17H17NS/c1-3-13-11-17(7-2-9-18-17)8-5-16(13)15(4-1)14-6-10-19-12-14/h1,3-4,6,9-10,12H,2,5,7-8,11H2. The van der Waals surface area contributed by atoms with E-state index in [0.29, 0.717) is 0 Å². The summed E-state index contributed by atoms with van der Waals surface area (Å²) in [6.07, 6.45) is 8.08. The first kappa shape index (κ1) is 11.4. The molecule has 1 aliphatic heterocycles. The molecule has 1 aromatic heterocycles. The van der Waals surface area contributed by atoms with Crippen molar-refractivity contribution in [2.45, 2.75) is 37.6 Å². The van der Waals surface area contributed by atoms with Crippen LogP contribution in [-0.2, 0) is 12.8 Å². The van der Waals surface area contributed by atoms with Crippen molar-refractivity contribution in [2.75, 3.05) is 0 Å². The van der Waals surface area contributed by atoms with E-state index in [1.807, 2.05) is 0 Å². The molecule has 2 aliphatic rings. The summed E-state index contributed by atoms with van der Waals surface area (Å²) in [5.41, 5.74) is 6.14. The summed E-state index contributed by atoms with van der Waals surface area (Å²) < 4.78 is 0. The van der Waals surface area contributed by atoms with E-state index in [4.69, 9.17) is 4.99 Å². The zero-order valence-corrected chi connectivity index (χ0v) is 11.7. The summed E-state index contributed by atoms with van der Waals surface area (Å²) in [6.45, 7) is 0. The van der Waals surface area contributed by atoms with Crippen LogP contribution in [-0.4, -0.2) is 11.8 Å². The molecule has 2 heterocycles. The molecular formula is C17H17NS. The Morgan fingerprint density at radius 2 is 2.16 bits per heavy atom. The summed E-state index contributed by atoms with van der Waals surface area (Å²) in [5, 5.41) is 4.42. The Morgan fingerprint density at radius 3 is 2.95 bits per heavy atom. The third-order valence-electron chi connectivity index (χ3n) is 4.57. The largest absolute Gasteiger partial charge is 0.291 e. The van der Waals surface area contributed by atoms with Crippen LogP contribution in [0.25, 0.3) is 11.1 Å². The van der Waals surface area contributed by atoms with Gasteiger partial charge in [-0.25, -0.2) is 0 Å². The number of benzene rings is 1. The molecule has 0 fully saturated rings. The Balaban J connectivity index is 1.78. The number of rotatable bonds is 1. The lowest BCUT2D eigenvalue weighted by molar-refractivity contribution is 0.375. The van der Waals surface area contributed by atoms with E-state index in [9.17, 15) is 0 Å². The Hall–Kier alpha value is -1.41. The van der Waals surface area contributed by atoms with Gasteiger partial charge in [-0.2, -0.15) is 11.3 Å². The van der Waals surface area contributed by atoms with Crippen molar-refractivity contribution in [1.82, 2.24) is 0 Å². The summed E-state index contributed by atoms with van der Waals surface area (Å²) in [6, 6.07) is 9.03. The van der Waals surface area contributed by atoms with Gasteiger partial charge in [0.1, 0.15) is 0 Å². The van der Waals surface area contributed by atoms with Gasteiger partial charge in [0.05, 0.1) is 5.54 Å². The topological polar surface area (TPSA) is 12.4 Å². The quantitative estimate of drug-likeness (QED) is 0.721. The van der Waals surface area contributed by atoms with Crippen LogP contribution in [0.5, 0.6) is 0 Å². The first-order valence-corrected chi connectivity index (χ1v) is 7.98. The highest BCUT2D eigenvalue weighted by molar-refractivity contribution is 7.08. The van der Waals surface area contributed by atoms with Gasteiger partial charge in [-0.05, 0) is 77.4 Å². The van der Waals surface area contributed by atoms with Crippen LogP contribution in [0.1, 0.15) is 30.4 Å². The van der Waals surface area contributed by atoms with E-state index >= 15 is 0 Å². The molecule has 0 saturated carbocycles. The summed E-state index contributed by atoms with van der Waals surface area (Å²) >= 11 is 1.78. The molecule has 1 aromatic carbocycles. The molecule has 19 heavy (non-hydrogen) atoms. The van der Waals surface area contributed by atoms with Crippen LogP contribution < -0.4 is 0 Å². The number of hydrogen-bond acceptors (Lipinski definition) is 2. The number of hydrogen-bond donors (Lipinski definition) is 0. The second-order valence-corrected chi connectivity index (χ2v) is 6.49. The minimum Gasteiger partial charge on any atom is -0.291 e. The van der Waals surface area contributed by atoms with Crippen molar-refractivity contribution < 1.29 is 0 Å². The van der Waals surface area contributed by atoms with Crippen LogP contribution in [0, 0.1) is 0 Å². The van der Waals surface area contributed by atoms with Crippen LogP contribution >= 0.6 is 11.3 Å². The second kappa shape index (κ2) is 4.31. The van der Waals surface area contributed by atoms with E-state index in [1.165, 1.54) is 42.4 Å². The fourth-order valence-corrected chi connectivity index (χ4v) is 4.22. The van der Waals surface area contributed by atoms with Gasteiger partial charge in [-0.1, -0.05) is 18.2 Å². The average molecular weight is 267 g/mol. The minimum atomic E-state index is 0.236. The van der Waals surface area contributed by atoms with Gasteiger partial charge in [-0.15, -0.1) is 0 Å². The highest BCUT2D eigenvalue weighted by Gasteiger charge is 2.35. The third-order valence-corrected chi connectivity index (χ3v) is 5.25. The smallest absolute Gasteiger partial charge is 0.0651 e. The number of thiophene rings is 1. The minimum absolute atomic E-state index is 0.236. The van der Waals surface area contributed by atoms with Crippen molar-refractivity contribution in [3.8, 4) is 11.1 Å². The molecule has 0 N–H and O–H groups in total. The zero-order valence-electron chi connectivity index (χ0n) is 10.9. The van der Waals surface area contributed by atoms with Gasteiger partial charge in [0, 0.05) is 0 Å². The van der Waals surface area contributed by atoms with E-state index in [2.05, 4.69) is 41.2 Å². The lowest BCUT2D eigenvalue weighted by atomic mass is 9.75. The van der Waals surface area contributed by atoms with Crippen LogP contribution in [0.4, 0.5) is 0 Å². The highest BCUT2D eigenvalue weighted by Crippen LogP contribution is 2.40. The van der Waals surface area contributed by atoms with Crippen molar-refractivity contribution in [1.29, 1.82) is 0 Å². The van der Waals surface area contributed by atoms with Crippen LogP contribution in [0.15, 0.2) is 40.0 Å². The Labute approximate surface area is 118 Å². The van der Waals surface area contributed by atoms with Gasteiger partial charge >= 0.3 is 0 Å². The van der Waals surface area contributed by atoms with E-state index < -0.39 is 0 Å². The fourth-order valence-electron chi connectivity index (χ4n) is 3.56. The zero-order chi connectivity index (χ0) is 12.7. The van der Waals surface area contributed by atoms with Crippen LogP contribution in [0.2, 0.25) is 0 Å². The number of aliphatic imine (C=N–C) groups is 1. The van der Waals surface area contributed by atoms with Gasteiger partial charge in [-0.3, -0.25) is 4.99 Å². The second-order valence-electron chi connectivity index (χ2n) is 5.71. The molecule has 0 amide bonds. The van der Waals surface area contributed by atoms with Crippen molar-refractivity contribution in [3.63, 3.8) is 0 Å². The van der Waals surface area contributed by atoms with Gasteiger partial charge in [0.2, 0.25) is 0 Å². The molecule has 96 valence electrons. The van der Waals surface area contributed by atoms with Crippen LogP contribution in [0.3, 0.4) is 0 Å². The molecule has 4 rings (SSSR count). The van der Waals surface area contributed by atoms with E-state index in [-0.39, 0.29) is 5.54 Å². The predicted octanol–water partition coefficient (Wildman–Crippen LogP) is 4.51. The lowest BCUT2D eigenvalue weighted by Crippen LogP contribution is -2.31. The first-order chi connectivity index (χ1) is 9.36. The van der Waals surface area contributed by atoms with Gasteiger partial charge < -0.3 is 0 Å². The van der Waals surface area contributed by atoms with Crippen molar-refractivity contribution in [3.05, 3.63) is 46.2 Å². The molecular weight excluding hydrogens is 250 g/mol. The Morgan fingerprint density at radius 1 is 1.16 bits per heavy atom. The molecule has 2 heteroatoms. The Bertz CT molecular complexity index is 627.